The van der Waals surface area contributed by atoms with Crippen molar-refractivity contribution in [3.05, 3.63) is 54.3 Å². The van der Waals surface area contributed by atoms with Crippen LogP contribution >= 0.6 is 0 Å². The molecule has 1 N–H and O–H groups in total. The Balaban J connectivity index is 1.41. The fraction of sp³-hybridized carbons (Fsp3) is 0.474. The van der Waals surface area contributed by atoms with Gasteiger partial charge in [-0.15, -0.1) is 0 Å². The zero-order valence-electron chi connectivity index (χ0n) is 13.2. The number of hydrazine groups is 1. The van der Waals surface area contributed by atoms with Crippen LogP contribution in [0.1, 0.15) is 37.7 Å². The van der Waals surface area contributed by atoms with Gasteiger partial charge in [-0.3, -0.25) is 0 Å². The van der Waals surface area contributed by atoms with Gasteiger partial charge in [-0.1, -0.05) is 43.5 Å². The van der Waals surface area contributed by atoms with Crippen molar-refractivity contribution < 1.29 is 4.74 Å². The van der Waals surface area contributed by atoms with Crippen molar-refractivity contribution in [1.82, 2.24) is 10.4 Å². The summed E-state index contributed by atoms with van der Waals surface area (Å²) in [6, 6.07) is 8.47. The maximum Gasteiger partial charge on any atom is 0.119 e. The minimum absolute atomic E-state index is 0.758. The molecular weight excluding hydrogens is 272 g/mol. The van der Waals surface area contributed by atoms with Crippen LogP contribution in [0.4, 0.5) is 0 Å². The molecule has 0 spiro atoms. The first kappa shape index (κ1) is 15.2. The molecule has 2 aliphatic rings. The van der Waals surface area contributed by atoms with Crippen LogP contribution in [0, 0.1) is 5.92 Å². The first-order chi connectivity index (χ1) is 10.9. The van der Waals surface area contributed by atoms with Crippen molar-refractivity contribution in [3.8, 4) is 5.75 Å². The molecule has 1 saturated carbocycles. The van der Waals surface area contributed by atoms with Gasteiger partial charge in [0.1, 0.15) is 5.75 Å². The summed E-state index contributed by atoms with van der Waals surface area (Å²) < 4.78 is 5.94. The number of nitrogens with one attached hydrogen (secondary N) is 1. The molecule has 3 nitrogen and oxygen atoms in total. The molecule has 0 amide bonds. The van der Waals surface area contributed by atoms with Crippen LogP contribution in [0.25, 0.3) is 0 Å². The van der Waals surface area contributed by atoms with E-state index in [-0.39, 0.29) is 0 Å². The molecule has 1 aromatic carbocycles. The third-order valence-electron chi connectivity index (χ3n) is 4.44. The summed E-state index contributed by atoms with van der Waals surface area (Å²) in [5.41, 5.74) is 4.67. The van der Waals surface area contributed by atoms with Crippen molar-refractivity contribution in [2.24, 2.45) is 5.92 Å². The molecule has 1 aromatic rings. The smallest absolute Gasteiger partial charge is 0.119 e. The van der Waals surface area contributed by atoms with Gasteiger partial charge < -0.3 is 9.75 Å². The maximum atomic E-state index is 5.94. The summed E-state index contributed by atoms with van der Waals surface area (Å²) in [4.78, 5) is 0. The largest absolute Gasteiger partial charge is 0.493 e. The quantitative estimate of drug-likeness (QED) is 0.858. The predicted molar refractivity (Wildman–Crippen MR) is 90.3 cm³/mol. The van der Waals surface area contributed by atoms with Crippen LogP contribution in [0.3, 0.4) is 0 Å². The standard InChI is InChI=1S/C19H26N2O/c1-3-7-18(8-4-1)16-22-19-11-9-17(10-12-19)15-20-21-13-5-2-6-14-21/h2,5-6,9-13,18,20H,1,3-4,7-8,14-16H2. The van der Waals surface area contributed by atoms with Crippen LogP contribution in [0.5, 0.6) is 5.75 Å². The molecule has 0 bridgehead atoms. The lowest BCUT2D eigenvalue weighted by Gasteiger charge is -2.22. The van der Waals surface area contributed by atoms with Crippen LogP contribution in [-0.4, -0.2) is 18.2 Å². The summed E-state index contributed by atoms with van der Waals surface area (Å²) >= 11 is 0. The van der Waals surface area contributed by atoms with Gasteiger partial charge in [0.15, 0.2) is 0 Å². The van der Waals surface area contributed by atoms with E-state index in [1.807, 2.05) is 6.08 Å². The third-order valence-corrected chi connectivity index (χ3v) is 4.44. The number of hydrogen-bond acceptors (Lipinski definition) is 3. The summed E-state index contributed by atoms with van der Waals surface area (Å²) in [7, 11) is 0. The molecule has 1 fully saturated rings. The van der Waals surface area contributed by atoms with Gasteiger partial charge in [0.05, 0.1) is 13.2 Å². The Bertz CT molecular complexity index is 501. The van der Waals surface area contributed by atoms with E-state index >= 15 is 0 Å². The first-order valence-corrected chi connectivity index (χ1v) is 8.45. The van der Waals surface area contributed by atoms with Crippen molar-refractivity contribution >= 4 is 0 Å². The Hall–Kier alpha value is -1.74. The molecule has 0 aromatic heterocycles. The highest BCUT2D eigenvalue weighted by Gasteiger charge is 2.13. The highest BCUT2D eigenvalue weighted by Crippen LogP contribution is 2.24. The van der Waals surface area contributed by atoms with Crippen molar-refractivity contribution in [2.45, 2.75) is 38.6 Å². The second kappa shape index (κ2) is 8.04. The van der Waals surface area contributed by atoms with E-state index in [2.05, 4.69) is 53.1 Å². The average Bonchev–Trinajstić information content (AvgIpc) is 2.61. The zero-order valence-corrected chi connectivity index (χ0v) is 13.2. The predicted octanol–water partition coefficient (Wildman–Crippen LogP) is 4.04. The molecule has 22 heavy (non-hydrogen) atoms. The topological polar surface area (TPSA) is 24.5 Å². The van der Waals surface area contributed by atoms with Gasteiger partial charge >= 0.3 is 0 Å². The molecule has 1 aliphatic heterocycles. The Morgan fingerprint density at radius 3 is 2.59 bits per heavy atom. The van der Waals surface area contributed by atoms with Crippen molar-refractivity contribution in [1.29, 1.82) is 0 Å². The molecule has 0 radical (unpaired) electrons. The second-order valence-corrected chi connectivity index (χ2v) is 6.22. The summed E-state index contributed by atoms with van der Waals surface area (Å²) in [6.07, 6.45) is 15.1. The van der Waals surface area contributed by atoms with E-state index in [0.29, 0.717) is 0 Å². The lowest BCUT2D eigenvalue weighted by molar-refractivity contribution is 0.209. The molecule has 1 aliphatic carbocycles. The Morgan fingerprint density at radius 2 is 1.86 bits per heavy atom. The Labute approximate surface area is 133 Å². The maximum absolute atomic E-state index is 5.94. The van der Waals surface area contributed by atoms with Gasteiger partial charge in [0.2, 0.25) is 0 Å². The van der Waals surface area contributed by atoms with E-state index < -0.39 is 0 Å². The van der Waals surface area contributed by atoms with E-state index in [1.54, 1.807) is 0 Å². The highest BCUT2D eigenvalue weighted by atomic mass is 16.5. The molecule has 3 rings (SSSR count). The minimum atomic E-state index is 0.758. The number of allylic oxidation sites excluding steroid dienone is 2. The van der Waals surface area contributed by atoms with Gasteiger partial charge in [-0.2, -0.15) is 0 Å². The molecular formula is C19H26N2O. The average molecular weight is 298 g/mol. The van der Waals surface area contributed by atoms with Crippen molar-refractivity contribution in [2.75, 3.05) is 13.2 Å². The Kier molecular flexibility index (Phi) is 5.54. The Morgan fingerprint density at radius 1 is 1.05 bits per heavy atom. The molecule has 0 unspecified atom stereocenters. The monoisotopic (exact) mass is 298 g/mol. The van der Waals surface area contributed by atoms with E-state index in [0.717, 1.165) is 31.4 Å². The SMILES string of the molecule is C1=CCN(NCc2ccc(OCC3CCCCC3)cc2)C=C1. The van der Waals surface area contributed by atoms with E-state index in [4.69, 9.17) is 4.74 Å². The summed E-state index contributed by atoms with van der Waals surface area (Å²) in [5.74, 6) is 1.75. The molecule has 3 heteroatoms. The number of rotatable bonds is 6. The van der Waals surface area contributed by atoms with Crippen LogP contribution in [0.15, 0.2) is 48.7 Å². The fourth-order valence-electron chi connectivity index (χ4n) is 3.05. The van der Waals surface area contributed by atoms with Gasteiger partial charge in [0, 0.05) is 12.7 Å². The molecule has 1 heterocycles. The third kappa shape index (κ3) is 4.63. The lowest BCUT2D eigenvalue weighted by Crippen LogP contribution is -2.33. The van der Waals surface area contributed by atoms with Crippen LogP contribution < -0.4 is 10.2 Å². The summed E-state index contributed by atoms with van der Waals surface area (Å²) in [6.45, 7) is 2.63. The van der Waals surface area contributed by atoms with E-state index in [1.165, 1.54) is 37.7 Å². The van der Waals surface area contributed by atoms with Gasteiger partial charge in [0.25, 0.3) is 0 Å². The van der Waals surface area contributed by atoms with Gasteiger partial charge in [-0.05, 0) is 42.5 Å². The molecule has 0 saturated heterocycles. The second-order valence-electron chi connectivity index (χ2n) is 6.22. The fourth-order valence-corrected chi connectivity index (χ4v) is 3.05. The normalized spacial score (nSPS) is 18.6. The molecule has 118 valence electrons. The van der Waals surface area contributed by atoms with Gasteiger partial charge in [-0.25, -0.2) is 5.43 Å². The summed E-state index contributed by atoms with van der Waals surface area (Å²) in [5, 5.41) is 2.09. The van der Waals surface area contributed by atoms with Crippen molar-refractivity contribution in [3.63, 3.8) is 0 Å². The molecule has 0 atom stereocenters. The van der Waals surface area contributed by atoms with Crippen LogP contribution in [0.2, 0.25) is 0 Å². The van der Waals surface area contributed by atoms with Crippen LogP contribution in [-0.2, 0) is 6.54 Å². The number of nitrogens with zero attached hydrogens (tertiary/aromatic N) is 1. The first-order valence-electron chi connectivity index (χ1n) is 8.45. The number of ether oxygens (including phenoxy) is 1. The highest BCUT2D eigenvalue weighted by molar-refractivity contribution is 5.27. The number of benzene rings is 1. The number of hydrogen-bond donors (Lipinski definition) is 1. The lowest BCUT2D eigenvalue weighted by atomic mass is 9.90. The minimum Gasteiger partial charge on any atom is -0.493 e. The zero-order chi connectivity index (χ0) is 15.0. The van der Waals surface area contributed by atoms with E-state index in [9.17, 15) is 0 Å².